The van der Waals surface area contributed by atoms with Crippen molar-refractivity contribution in [3.8, 4) is 5.75 Å². The SMILES string of the molecule is Cc1ccc2c(c1)nc(N)n2CCOc1ccccc1. The number of nitrogen functional groups attached to an aromatic ring is 1. The molecule has 0 saturated heterocycles. The number of fused-ring (bicyclic) bond motifs is 1. The predicted molar refractivity (Wildman–Crippen MR) is 80.8 cm³/mol. The van der Waals surface area contributed by atoms with E-state index in [1.807, 2.05) is 47.9 Å². The maximum absolute atomic E-state index is 5.98. The summed E-state index contributed by atoms with van der Waals surface area (Å²) in [5, 5.41) is 0. The molecule has 2 aromatic carbocycles. The number of hydrogen-bond acceptors (Lipinski definition) is 3. The summed E-state index contributed by atoms with van der Waals surface area (Å²) < 4.78 is 7.69. The lowest BCUT2D eigenvalue weighted by molar-refractivity contribution is 0.301. The van der Waals surface area contributed by atoms with Crippen LogP contribution >= 0.6 is 0 Å². The molecule has 0 saturated carbocycles. The quantitative estimate of drug-likeness (QED) is 0.790. The van der Waals surface area contributed by atoms with Crippen molar-refractivity contribution in [3.63, 3.8) is 0 Å². The third-order valence-corrected chi connectivity index (χ3v) is 3.26. The monoisotopic (exact) mass is 267 g/mol. The Bertz CT molecular complexity index is 719. The normalized spacial score (nSPS) is 10.8. The Kier molecular flexibility index (Phi) is 3.29. The summed E-state index contributed by atoms with van der Waals surface area (Å²) in [6.45, 7) is 3.29. The number of aryl methyl sites for hydroxylation is 1. The summed E-state index contributed by atoms with van der Waals surface area (Å²) in [5.41, 5.74) is 9.14. The molecule has 0 aliphatic rings. The number of ether oxygens (including phenoxy) is 1. The van der Waals surface area contributed by atoms with E-state index in [0.29, 0.717) is 19.1 Å². The molecule has 0 amide bonds. The Morgan fingerprint density at radius 1 is 1.15 bits per heavy atom. The summed E-state index contributed by atoms with van der Waals surface area (Å²) in [4.78, 5) is 4.38. The molecule has 0 aliphatic heterocycles. The zero-order valence-corrected chi connectivity index (χ0v) is 11.4. The predicted octanol–water partition coefficient (Wildman–Crippen LogP) is 3.01. The minimum absolute atomic E-state index is 0.530. The Balaban J connectivity index is 1.76. The fourth-order valence-corrected chi connectivity index (χ4v) is 2.26. The van der Waals surface area contributed by atoms with Gasteiger partial charge in [-0.1, -0.05) is 24.3 Å². The first-order chi connectivity index (χ1) is 9.74. The van der Waals surface area contributed by atoms with Crippen molar-refractivity contribution in [2.24, 2.45) is 0 Å². The van der Waals surface area contributed by atoms with Crippen LogP contribution in [0.4, 0.5) is 5.95 Å². The third-order valence-electron chi connectivity index (χ3n) is 3.26. The summed E-state index contributed by atoms with van der Waals surface area (Å²) >= 11 is 0. The summed E-state index contributed by atoms with van der Waals surface area (Å²) in [6.07, 6.45) is 0. The molecular formula is C16H17N3O. The van der Waals surface area contributed by atoms with E-state index in [2.05, 4.69) is 17.1 Å². The van der Waals surface area contributed by atoms with E-state index in [1.165, 1.54) is 5.56 Å². The van der Waals surface area contributed by atoms with E-state index >= 15 is 0 Å². The number of hydrogen-bond donors (Lipinski definition) is 1. The molecule has 4 heteroatoms. The lowest BCUT2D eigenvalue weighted by Crippen LogP contribution is -2.10. The van der Waals surface area contributed by atoms with E-state index < -0.39 is 0 Å². The Labute approximate surface area is 117 Å². The number of para-hydroxylation sites is 1. The first-order valence-corrected chi connectivity index (χ1v) is 6.64. The molecule has 2 N–H and O–H groups in total. The molecule has 0 fully saturated rings. The maximum Gasteiger partial charge on any atom is 0.201 e. The van der Waals surface area contributed by atoms with Gasteiger partial charge < -0.3 is 15.0 Å². The van der Waals surface area contributed by atoms with Crippen LogP contribution in [0.3, 0.4) is 0 Å². The third kappa shape index (κ3) is 2.45. The number of benzene rings is 2. The van der Waals surface area contributed by atoms with E-state index in [1.54, 1.807) is 0 Å². The van der Waals surface area contributed by atoms with E-state index in [-0.39, 0.29) is 0 Å². The Morgan fingerprint density at radius 2 is 1.95 bits per heavy atom. The smallest absolute Gasteiger partial charge is 0.201 e. The Hall–Kier alpha value is -2.49. The van der Waals surface area contributed by atoms with Crippen LogP contribution in [0.1, 0.15) is 5.56 Å². The summed E-state index contributed by atoms with van der Waals surface area (Å²) in [7, 11) is 0. The topological polar surface area (TPSA) is 53.1 Å². The van der Waals surface area contributed by atoms with Crippen LogP contribution in [0.25, 0.3) is 11.0 Å². The number of aromatic nitrogens is 2. The van der Waals surface area contributed by atoms with Gasteiger partial charge in [0, 0.05) is 0 Å². The molecule has 3 aromatic rings. The van der Waals surface area contributed by atoms with Crippen molar-refractivity contribution in [3.05, 3.63) is 54.1 Å². The van der Waals surface area contributed by atoms with Crippen molar-refractivity contribution in [2.75, 3.05) is 12.3 Å². The largest absolute Gasteiger partial charge is 0.492 e. The zero-order chi connectivity index (χ0) is 13.9. The molecule has 4 nitrogen and oxygen atoms in total. The van der Waals surface area contributed by atoms with Gasteiger partial charge in [0.15, 0.2) is 0 Å². The van der Waals surface area contributed by atoms with Gasteiger partial charge in [-0.25, -0.2) is 4.98 Å². The van der Waals surface area contributed by atoms with E-state index in [0.717, 1.165) is 16.8 Å². The summed E-state index contributed by atoms with van der Waals surface area (Å²) in [5.74, 6) is 1.40. The molecule has 0 unspecified atom stereocenters. The molecule has 0 aliphatic carbocycles. The number of nitrogens with zero attached hydrogens (tertiary/aromatic N) is 2. The number of imidazole rings is 1. The van der Waals surface area contributed by atoms with Gasteiger partial charge in [-0.2, -0.15) is 0 Å². The lowest BCUT2D eigenvalue weighted by atomic mass is 10.2. The Morgan fingerprint density at radius 3 is 2.75 bits per heavy atom. The average molecular weight is 267 g/mol. The van der Waals surface area contributed by atoms with Crippen LogP contribution in [0, 0.1) is 6.92 Å². The van der Waals surface area contributed by atoms with Crippen molar-refractivity contribution in [2.45, 2.75) is 13.5 Å². The highest BCUT2D eigenvalue weighted by atomic mass is 16.5. The number of nitrogens with two attached hydrogens (primary N) is 1. The van der Waals surface area contributed by atoms with E-state index in [9.17, 15) is 0 Å². The highest BCUT2D eigenvalue weighted by molar-refractivity contribution is 5.79. The van der Waals surface area contributed by atoms with Crippen molar-refractivity contribution >= 4 is 17.0 Å². The van der Waals surface area contributed by atoms with E-state index in [4.69, 9.17) is 10.5 Å². The highest BCUT2D eigenvalue weighted by Gasteiger charge is 2.07. The van der Waals surface area contributed by atoms with Crippen molar-refractivity contribution in [1.82, 2.24) is 9.55 Å². The molecule has 0 bridgehead atoms. The molecule has 3 rings (SSSR count). The van der Waals surface area contributed by atoms with Gasteiger partial charge in [0.1, 0.15) is 12.4 Å². The van der Waals surface area contributed by atoms with Crippen LogP contribution in [-0.2, 0) is 6.54 Å². The first-order valence-electron chi connectivity index (χ1n) is 6.64. The van der Waals surface area contributed by atoms with Crippen molar-refractivity contribution < 1.29 is 4.74 Å². The van der Waals surface area contributed by atoms with Crippen molar-refractivity contribution in [1.29, 1.82) is 0 Å². The fourth-order valence-electron chi connectivity index (χ4n) is 2.26. The van der Waals surface area contributed by atoms with Gasteiger partial charge in [0.25, 0.3) is 0 Å². The van der Waals surface area contributed by atoms with Crippen LogP contribution in [0.5, 0.6) is 5.75 Å². The second-order valence-electron chi connectivity index (χ2n) is 4.78. The van der Waals surface area contributed by atoms with Gasteiger partial charge in [0.2, 0.25) is 5.95 Å². The second kappa shape index (κ2) is 5.25. The van der Waals surface area contributed by atoms with Gasteiger partial charge in [0.05, 0.1) is 17.6 Å². The minimum Gasteiger partial charge on any atom is -0.492 e. The fraction of sp³-hybridized carbons (Fsp3) is 0.188. The zero-order valence-electron chi connectivity index (χ0n) is 11.4. The average Bonchev–Trinajstić information content (AvgIpc) is 2.75. The van der Waals surface area contributed by atoms with Gasteiger partial charge >= 0.3 is 0 Å². The molecule has 1 aromatic heterocycles. The molecule has 0 atom stereocenters. The molecule has 102 valence electrons. The molecule has 0 radical (unpaired) electrons. The standard InChI is InChI=1S/C16H17N3O/c1-12-7-8-15-14(11-12)18-16(17)19(15)9-10-20-13-5-3-2-4-6-13/h2-8,11H,9-10H2,1H3,(H2,17,18). The number of anilines is 1. The van der Waals surface area contributed by atoms with Crippen LogP contribution in [0.15, 0.2) is 48.5 Å². The summed E-state index contributed by atoms with van der Waals surface area (Å²) in [6, 6.07) is 15.9. The molecule has 1 heterocycles. The van der Waals surface area contributed by atoms with Crippen LogP contribution in [0.2, 0.25) is 0 Å². The van der Waals surface area contributed by atoms with Crippen LogP contribution in [-0.4, -0.2) is 16.2 Å². The van der Waals surface area contributed by atoms with Crippen LogP contribution < -0.4 is 10.5 Å². The van der Waals surface area contributed by atoms with Gasteiger partial charge in [-0.3, -0.25) is 0 Å². The van der Waals surface area contributed by atoms with Gasteiger partial charge in [-0.05, 0) is 36.8 Å². The minimum atomic E-state index is 0.530. The van der Waals surface area contributed by atoms with Gasteiger partial charge in [-0.15, -0.1) is 0 Å². The first kappa shape index (κ1) is 12.5. The second-order valence-corrected chi connectivity index (χ2v) is 4.78. The molecule has 20 heavy (non-hydrogen) atoms. The highest BCUT2D eigenvalue weighted by Crippen LogP contribution is 2.19. The molecular weight excluding hydrogens is 250 g/mol. The lowest BCUT2D eigenvalue weighted by Gasteiger charge is -2.08. The maximum atomic E-state index is 5.98. The molecule has 0 spiro atoms. The number of rotatable bonds is 4.